The number of rotatable bonds is 6. The van der Waals surface area contributed by atoms with Gasteiger partial charge < -0.3 is 19.4 Å². The van der Waals surface area contributed by atoms with E-state index in [1.165, 1.54) is 0 Å². The summed E-state index contributed by atoms with van der Waals surface area (Å²) >= 11 is 0. The molecule has 1 aromatic heterocycles. The molecule has 0 radical (unpaired) electrons. The molecule has 0 amide bonds. The summed E-state index contributed by atoms with van der Waals surface area (Å²) in [5, 5.41) is 3.11. The maximum absolute atomic E-state index is 5.55. The van der Waals surface area contributed by atoms with Gasteiger partial charge in [-0.05, 0) is 25.2 Å². The second-order valence-corrected chi connectivity index (χ2v) is 4.51. The van der Waals surface area contributed by atoms with E-state index in [4.69, 9.17) is 9.15 Å². The average Bonchev–Trinajstić information content (AvgIpc) is 2.86. The predicted molar refractivity (Wildman–Crippen MR) is 76.6 cm³/mol. The maximum atomic E-state index is 5.55. The van der Waals surface area contributed by atoms with Crippen molar-refractivity contribution in [1.82, 2.24) is 5.32 Å². The Morgan fingerprint density at radius 3 is 2.89 bits per heavy atom. The molecule has 1 aromatic carbocycles. The van der Waals surface area contributed by atoms with Crippen LogP contribution in [0, 0.1) is 0 Å². The molecule has 1 N–H and O–H groups in total. The van der Waals surface area contributed by atoms with Crippen LogP contribution in [0.5, 0.6) is 5.75 Å². The minimum atomic E-state index is 0.733. The van der Waals surface area contributed by atoms with E-state index >= 15 is 0 Å². The Morgan fingerprint density at radius 2 is 2.16 bits per heavy atom. The summed E-state index contributed by atoms with van der Waals surface area (Å²) in [5.74, 6) is 1.82. The summed E-state index contributed by atoms with van der Waals surface area (Å²) in [6.07, 6.45) is 1.80. The van der Waals surface area contributed by atoms with Gasteiger partial charge in [0.15, 0.2) is 0 Å². The standard InChI is InChI=1S/C15H20N2O2/c1-16-9-12-7-15(19-11-12)10-17(2)13-5-4-6-14(8-13)18-3/h4-8,11,16H,9-10H2,1-3H3. The van der Waals surface area contributed by atoms with E-state index in [0.717, 1.165) is 35.9 Å². The van der Waals surface area contributed by atoms with Gasteiger partial charge in [-0.25, -0.2) is 0 Å². The van der Waals surface area contributed by atoms with Crippen LogP contribution in [0.15, 0.2) is 41.0 Å². The zero-order valence-corrected chi connectivity index (χ0v) is 11.6. The van der Waals surface area contributed by atoms with Crippen LogP contribution in [0.25, 0.3) is 0 Å². The molecule has 0 saturated carbocycles. The van der Waals surface area contributed by atoms with E-state index in [1.807, 2.05) is 32.3 Å². The van der Waals surface area contributed by atoms with E-state index in [-0.39, 0.29) is 0 Å². The van der Waals surface area contributed by atoms with Crippen molar-refractivity contribution in [3.05, 3.63) is 47.9 Å². The molecular weight excluding hydrogens is 240 g/mol. The van der Waals surface area contributed by atoms with Crippen LogP contribution >= 0.6 is 0 Å². The van der Waals surface area contributed by atoms with Gasteiger partial charge in [0.2, 0.25) is 0 Å². The van der Waals surface area contributed by atoms with Crippen molar-refractivity contribution in [2.75, 3.05) is 26.1 Å². The molecule has 0 bridgehead atoms. The van der Waals surface area contributed by atoms with Crippen LogP contribution in [0.1, 0.15) is 11.3 Å². The molecule has 0 aliphatic rings. The maximum Gasteiger partial charge on any atom is 0.123 e. The topological polar surface area (TPSA) is 37.6 Å². The van der Waals surface area contributed by atoms with Crippen LogP contribution < -0.4 is 15.0 Å². The first-order valence-electron chi connectivity index (χ1n) is 6.29. The molecule has 19 heavy (non-hydrogen) atoms. The van der Waals surface area contributed by atoms with Crippen LogP contribution in [0.4, 0.5) is 5.69 Å². The van der Waals surface area contributed by atoms with Crippen LogP contribution in [0.2, 0.25) is 0 Å². The molecule has 0 saturated heterocycles. The van der Waals surface area contributed by atoms with Crippen molar-refractivity contribution in [2.45, 2.75) is 13.1 Å². The lowest BCUT2D eigenvalue weighted by Crippen LogP contribution is -2.15. The SMILES string of the molecule is CNCc1coc(CN(C)c2cccc(OC)c2)c1. The normalized spacial score (nSPS) is 10.5. The molecule has 0 aliphatic heterocycles. The number of hydrogen-bond donors (Lipinski definition) is 1. The van der Waals surface area contributed by atoms with Gasteiger partial charge >= 0.3 is 0 Å². The van der Waals surface area contributed by atoms with Crippen LogP contribution in [0.3, 0.4) is 0 Å². The largest absolute Gasteiger partial charge is 0.497 e. The quantitative estimate of drug-likeness (QED) is 0.866. The molecule has 0 unspecified atom stereocenters. The number of ether oxygens (including phenoxy) is 1. The van der Waals surface area contributed by atoms with Crippen molar-refractivity contribution < 1.29 is 9.15 Å². The zero-order valence-electron chi connectivity index (χ0n) is 11.6. The summed E-state index contributed by atoms with van der Waals surface area (Å²) in [6, 6.07) is 10.1. The van der Waals surface area contributed by atoms with Gasteiger partial charge in [-0.1, -0.05) is 6.07 Å². The molecule has 1 heterocycles. The Morgan fingerprint density at radius 1 is 1.32 bits per heavy atom. The number of nitrogens with zero attached hydrogens (tertiary/aromatic N) is 1. The fourth-order valence-corrected chi connectivity index (χ4v) is 1.98. The van der Waals surface area contributed by atoms with Gasteiger partial charge in [-0.15, -0.1) is 0 Å². The van der Waals surface area contributed by atoms with Gasteiger partial charge in [0.1, 0.15) is 11.5 Å². The lowest BCUT2D eigenvalue weighted by atomic mass is 10.2. The first-order valence-corrected chi connectivity index (χ1v) is 6.29. The summed E-state index contributed by atoms with van der Waals surface area (Å²) in [7, 11) is 5.64. The van der Waals surface area contributed by atoms with Crippen LogP contribution in [-0.4, -0.2) is 21.2 Å². The summed E-state index contributed by atoms with van der Waals surface area (Å²) < 4.78 is 10.8. The third kappa shape index (κ3) is 3.51. The van der Waals surface area contributed by atoms with Gasteiger partial charge in [0, 0.05) is 30.9 Å². The van der Waals surface area contributed by atoms with Crippen LogP contribution in [-0.2, 0) is 13.1 Å². The van der Waals surface area contributed by atoms with Crippen molar-refractivity contribution >= 4 is 5.69 Å². The zero-order chi connectivity index (χ0) is 13.7. The molecule has 0 spiro atoms. The highest BCUT2D eigenvalue weighted by Gasteiger charge is 2.07. The van der Waals surface area contributed by atoms with E-state index in [1.54, 1.807) is 13.4 Å². The summed E-state index contributed by atoms with van der Waals surface area (Å²) in [6.45, 7) is 1.56. The number of anilines is 1. The first-order chi connectivity index (χ1) is 9.22. The lowest BCUT2D eigenvalue weighted by molar-refractivity contribution is 0.414. The Balaban J connectivity index is 2.04. The molecule has 2 aromatic rings. The Hall–Kier alpha value is -1.94. The molecule has 2 rings (SSSR count). The second-order valence-electron chi connectivity index (χ2n) is 4.51. The summed E-state index contributed by atoms with van der Waals surface area (Å²) in [5.41, 5.74) is 2.27. The number of methoxy groups -OCH3 is 1. The molecule has 0 atom stereocenters. The number of hydrogen-bond acceptors (Lipinski definition) is 4. The van der Waals surface area contributed by atoms with Gasteiger partial charge in [0.05, 0.1) is 19.9 Å². The highest BCUT2D eigenvalue weighted by Crippen LogP contribution is 2.21. The Kier molecular flexibility index (Phi) is 4.47. The second kappa shape index (κ2) is 6.29. The van der Waals surface area contributed by atoms with E-state index < -0.39 is 0 Å². The minimum absolute atomic E-state index is 0.733. The van der Waals surface area contributed by atoms with Gasteiger partial charge in [0.25, 0.3) is 0 Å². The molecule has 0 fully saturated rings. The molecule has 4 nitrogen and oxygen atoms in total. The van der Waals surface area contributed by atoms with Crippen molar-refractivity contribution in [3.8, 4) is 5.75 Å². The highest BCUT2D eigenvalue weighted by molar-refractivity contribution is 5.50. The fraction of sp³-hybridized carbons (Fsp3) is 0.333. The predicted octanol–water partition coefficient (Wildman–Crippen LogP) is 2.64. The monoisotopic (exact) mass is 260 g/mol. The molecule has 4 heteroatoms. The van der Waals surface area contributed by atoms with E-state index in [2.05, 4.69) is 22.3 Å². The van der Waals surface area contributed by atoms with Crippen molar-refractivity contribution in [3.63, 3.8) is 0 Å². The third-order valence-electron chi connectivity index (χ3n) is 2.98. The number of nitrogens with one attached hydrogen (secondary N) is 1. The Bertz CT molecular complexity index is 522. The van der Waals surface area contributed by atoms with Crippen molar-refractivity contribution in [2.24, 2.45) is 0 Å². The summed E-state index contributed by atoms with van der Waals surface area (Å²) in [4.78, 5) is 2.13. The fourth-order valence-electron chi connectivity index (χ4n) is 1.98. The molecular formula is C15H20N2O2. The smallest absolute Gasteiger partial charge is 0.123 e. The average molecular weight is 260 g/mol. The molecule has 0 aliphatic carbocycles. The minimum Gasteiger partial charge on any atom is -0.497 e. The third-order valence-corrected chi connectivity index (χ3v) is 2.98. The number of furan rings is 1. The highest BCUT2D eigenvalue weighted by atomic mass is 16.5. The van der Waals surface area contributed by atoms with E-state index in [9.17, 15) is 0 Å². The van der Waals surface area contributed by atoms with Crippen molar-refractivity contribution in [1.29, 1.82) is 0 Å². The Labute approximate surface area is 114 Å². The first kappa shape index (κ1) is 13.5. The van der Waals surface area contributed by atoms with E-state index in [0.29, 0.717) is 0 Å². The van der Waals surface area contributed by atoms with Gasteiger partial charge in [-0.2, -0.15) is 0 Å². The number of benzene rings is 1. The van der Waals surface area contributed by atoms with Gasteiger partial charge in [-0.3, -0.25) is 0 Å². The molecule has 102 valence electrons. The lowest BCUT2D eigenvalue weighted by Gasteiger charge is -2.18.